The van der Waals surface area contributed by atoms with E-state index in [1.165, 1.54) is 12.1 Å². The first-order chi connectivity index (χ1) is 13.4. The smallest absolute Gasteiger partial charge is 0.267 e. The van der Waals surface area contributed by atoms with Gasteiger partial charge in [-0.05, 0) is 18.2 Å². The van der Waals surface area contributed by atoms with E-state index in [-0.39, 0.29) is 5.02 Å². The fraction of sp³-hybridized carbons (Fsp3) is 0.0476. The maximum Gasteiger partial charge on any atom is 0.417 e. The Morgan fingerprint density at radius 3 is 2.29 bits per heavy atom. The minimum absolute atomic E-state index is 0.277. The molecule has 0 saturated heterocycles. The molecule has 4 aromatic rings. The van der Waals surface area contributed by atoms with Crippen molar-refractivity contribution in [2.24, 2.45) is 0 Å². The van der Waals surface area contributed by atoms with Crippen molar-refractivity contribution in [1.29, 1.82) is 0 Å². The molecule has 3 aromatic carbocycles. The highest BCUT2D eigenvalue weighted by atomic mass is 35.5. The van der Waals surface area contributed by atoms with Gasteiger partial charge in [0, 0.05) is 10.9 Å². The Kier molecular flexibility index (Phi) is 4.43. The molecule has 0 saturated carbocycles. The summed E-state index contributed by atoms with van der Waals surface area (Å²) in [5.41, 5.74) is -0.0552. The van der Waals surface area contributed by atoms with Crippen molar-refractivity contribution >= 4 is 28.4 Å². The zero-order valence-corrected chi connectivity index (χ0v) is 15.0. The number of alkyl halides is 3. The van der Waals surface area contributed by atoms with Crippen LogP contribution >= 0.6 is 11.6 Å². The van der Waals surface area contributed by atoms with Crippen LogP contribution in [0, 0.1) is 0 Å². The predicted octanol–water partition coefficient (Wildman–Crippen LogP) is 6.06. The Labute approximate surface area is 163 Å². The Bertz CT molecular complexity index is 1180. The second-order valence-corrected chi connectivity index (χ2v) is 6.52. The lowest BCUT2D eigenvalue weighted by atomic mass is 10.1. The molecule has 0 fully saturated rings. The average Bonchev–Trinajstić information content (AvgIpc) is 3.07. The first-order valence-electron chi connectivity index (χ1n) is 8.31. The summed E-state index contributed by atoms with van der Waals surface area (Å²) in [5, 5.41) is 4.72. The van der Waals surface area contributed by atoms with Crippen molar-refractivity contribution in [2.45, 2.75) is 6.18 Å². The zero-order valence-electron chi connectivity index (χ0n) is 14.2. The lowest BCUT2D eigenvalue weighted by molar-refractivity contribution is -0.137. The largest absolute Gasteiger partial charge is 0.417 e. The number of para-hydroxylation sites is 1. The molecule has 0 aliphatic rings. The average molecular weight is 401 g/mol. The van der Waals surface area contributed by atoms with E-state index in [2.05, 4.69) is 5.10 Å². The topological polar surface area (TPSA) is 34.9 Å². The van der Waals surface area contributed by atoms with Crippen molar-refractivity contribution in [3.05, 3.63) is 88.9 Å². The third-order valence-corrected chi connectivity index (χ3v) is 4.67. The third kappa shape index (κ3) is 3.05. The van der Waals surface area contributed by atoms with Crippen molar-refractivity contribution in [3.63, 3.8) is 0 Å². The van der Waals surface area contributed by atoms with Gasteiger partial charge < -0.3 is 0 Å². The van der Waals surface area contributed by atoms with Gasteiger partial charge in [0.25, 0.3) is 5.91 Å². The lowest BCUT2D eigenvalue weighted by Gasteiger charge is -2.13. The van der Waals surface area contributed by atoms with Crippen LogP contribution in [0.4, 0.5) is 13.2 Å². The van der Waals surface area contributed by atoms with Gasteiger partial charge in [-0.3, -0.25) is 4.79 Å². The highest BCUT2D eigenvalue weighted by Crippen LogP contribution is 2.36. The van der Waals surface area contributed by atoms with Crippen LogP contribution in [-0.4, -0.2) is 15.7 Å². The predicted molar refractivity (Wildman–Crippen MR) is 101 cm³/mol. The van der Waals surface area contributed by atoms with E-state index in [1.54, 1.807) is 24.3 Å². The number of halogens is 4. The van der Waals surface area contributed by atoms with E-state index in [4.69, 9.17) is 11.6 Å². The Hall–Kier alpha value is -3.12. The molecule has 0 bridgehead atoms. The van der Waals surface area contributed by atoms with Crippen LogP contribution < -0.4 is 0 Å². The molecule has 140 valence electrons. The molecule has 0 aliphatic heterocycles. The molecular formula is C21H12ClF3N2O. The molecule has 0 unspecified atom stereocenters. The summed E-state index contributed by atoms with van der Waals surface area (Å²) in [6.45, 7) is 0. The molecule has 0 radical (unpaired) electrons. The van der Waals surface area contributed by atoms with Gasteiger partial charge in [0.2, 0.25) is 0 Å². The molecule has 0 N–H and O–H groups in total. The van der Waals surface area contributed by atoms with E-state index >= 15 is 0 Å². The van der Waals surface area contributed by atoms with Gasteiger partial charge in [-0.2, -0.15) is 23.0 Å². The van der Waals surface area contributed by atoms with Crippen LogP contribution in [0.25, 0.3) is 22.2 Å². The molecule has 4 rings (SSSR count). The molecule has 0 aliphatic carbocycles. The molecule has 7 heteroatoms. The number of carbonyl (C=O) groups excluding carboxylic acids is 1. The normalized spacial score (nSPS) is 11.7. The zero-order chi connectivity index (χ0) is 19.9. The molecular weight excluding hydrogens is 389 g/mol. The second kappa shape index (κ2) is 6.80. The highest BCUT2D eigenvalue weighted by Gasteiger charge is 2.37. The standard InChI is InChI=1S/C21H12ClF3N2O/c22-16-11-6-10-15(21(23,24)25)18(16)20(28)27-17-12-5-4-9-14(17)19(26-27)13-7-2-1-3-8-13/h1-12H. The number of hydrogen-bond donors (Lipinski definition) is 0. The summed E-state index contributed by atoms with van der Waals surface area (Å²) in [6.07, 6.45) is -4.72. The Morgan fingerprint density at radius 2 is 1.57 bits per heavy atom. The van der Waals surface area contributed by atoms with Crippen LogP contribution in [0.3, 0.4) is 0 Å². The second-order valence-electron chi connectivity index (χ2n) is 6.11. The third-order valence-electron chi connectivity index (χ3n) is 4.36. The van der Waals surface area contributed by atoms with Crippen molar-refractivity contribution in [2.75, 3.05) is 0 Å². The number of aromatic nitrogens is 2. The van der Waals surface area contributed by atoms with Gasteiger partial charge in [0.1, 0.15) is 5.69 Å². The van der Waals surface area contributed by atoms with Gasteiger partial charge in [-0.25, -0.2) is 0 Å². The van der Waals surface area contributed by atoms with Crippen LogP contribution in [0.1, 0.15) is 15.9 Å². The summed E-state index contributed by atoms with van der Waals surface area (Å²) < 4.78 is 41.3. The number of carbonyl (C=O) groups is 1. The van der Waals surface area contributed by atoms with Gasteiger partial charge in [-0.15, -0.1) is 0 Å². The molecule has 1 heterocycles. The van der Waals surface area contributed by atoms with Crippen LogP contribution in [0.15, 0.2) is 72.8 Å². The van der Waals surface area contributed by atoms with E-state index in [9.17, 15) is 18.0 Å². The number of fused-ring (bicyclic) bond motifs is 1. The Morgan fingerprint density at radius 1 is 0.893 bits per heavy atom. The fourth-order valence-electron chi connectivity index (χ4n) is 3.11. The fourth-order valence-corrected chi connectivity index (χ4v) is 3.37. The minimum Gasteiger partial charge on any atom is -0.267 e. The maximum atomic E-state index is 13.4. The van der Waals surface area contributed by atoms with E-state index in [0.29, 0.717) is 16.6 Å². The van der Waals surface area contributed by atoms with E-state index < -0.39 is 23.2 Å². The molecule has 1 aromatic heterocycles. The molecule has 0 spiro atoms. The summed E-state index contributed by atoms with van der Waals surface area (Å²) in [4.78, 5) is 13.1. The summed E-state index contributed by atoms with van der Waals surface area (Å²) in [7, 11) is 0. The Balaban J connectivity index is 1.96. The number of benzene rings is 3. The number of nitrogens with zero attached hydrogens (tertiary/aromatic N) is 2. The first-order valence-corrected chi connectivity index (χ1v) is 8.69. The summed E-state index contributed by atoms with van der Waals surface area (Å²) in [5.74, 6) is -0.934. The van der Waals surface area contributed by atoms with Gasteiger partial charge in [0.05, 0.1) is 21.7 Å². The van der Waals surface area contributed by atoms with Crippen molar-refractivity contribution in [1.82, 2.24) is 9.78 Å². The van der Waals surface area contributed by atoms with Gasteiger partial charge in [0.15, 0.2) is 0 Å². The van der Waals surface area contributed by atoms with Gasteiger partial charge >= 0.3 is 6.18 Å². The van der Waals surface area contributed by atoms with Crippen molar-refractivity contribution in [3.8, 4) is 11.3 Å². The van der Waals surface area contributed by atoms with Crippen molar-refractivity contribution < 1.29 is 18.0 Å². The maximum absolute atomic E-state index is 13.4. The monoisotopic (exact) mass is 400 g/mol. The summed E-state index contributed by atoms with van der Waals surface area (Å²) >= 11 is 5.99. The molecule has 3 nitrogen and oxygen atoms in total. The number of rotatable bonds is 2. The molecule has 0 atom stereocenters. The molecule has 28 heavy (non-hydrogen) atoms. The van der Waals surface area contributed by atoms with Crippen LogP contribution in [-0.2, 0) is 6.18 Å². The SMILES string of the molecule is O=C(c1c(Cl)cccc1C(F)(F)F)n1nc(-c2ccccc2)c2ccccc21. The lowest BCUT2D eigenvalue weighted by Crippen LogP contribution is -2.20. The first kappa shape index (κ1) is 18.3. The summed E-state index contributed by atoms with van der Waals surface area (Å²) in [6, 6.07) is 19.3. The quantitative estimate of drug-likeness (QED) is 0.409. The van der Waals surface area contributed by atoms with E-state index in [1.807, 2.05) is 30.3 Å². The number of hydrogen-bond acceptors (Lipinski definition) is 2. The van der Waals surface area contributed by atoms with Gasteiger partial charge in [-0.1, -0.05) is 66.2 Å². The highest BCUT2D eigenvalue weighted by molar-refractivity contribution is 6.34. The van der Waals surface area contributed by atoms with E-state index in [0.717, 1.165) is 16.3 Å². The minimum atomic E-state index is -4.72. The molecule has 0 amide bonds. The van der Waals surface area contributed by atoms with Crippen LogP contribution in [0.5, 0.6) is 0 Å². The van der Waals surface area contributed by atoms with Crippen LogP contribution in [0.2, 0.25) is 5.02 Å².